The van der Waals surface area contributed by atoms with E-state index < -0.39 is 23.8 Å². The second-order valence-electron chi connectivity index (χ2n) is 8.07. The smallest absolute Gasteiger partial charge is 0.315 e. The summed E-state index contributed by atoms with van der Waals surface area (Å²) < 4.78 is 15.7. The zero-order chi connectivity index (χ0) is 23.7. The van der Waals surface area contributed by atoms with Gasteiger partial charge in [-0.2, -0.15) is 0 Å². The zero-order valence-electron chi connectivity index (χ0n) is 18.7. The van der Waals surface area contributed by atoms with Gasteiger partial charge in [0.05, 0.1) is 14.2 Å². The van der Waals surface area contributed by atoms with Crippen LogP contribution < -0.4 is 14.8 Å². The summed E-state index contributed by atoms with van der Waals surface area (Å²) in [4.78, 5) is 38.9. The van der Waals surface area contributed by atoms with E-state index in [0.29, 0.717) is 35.4 Å². The topological polar surface area (TPSA) is 90.9 Å². The number of thiophene rings is 1. The molecule has 3 unspecified atom stereocenters. The Balaban J connectivity index is 1.82. The van der Waals surface area contributed by atoms with Crippen LogP contribution in [-0.2, 0) is 19.1 Å². The lowest BCUT2D eigenvalue weighted by Crippen LogP contribution is -2.41. The molecule has 4 rings (SSSR count). The van der Waals surface area contributed by atoms with Crippen molar-refractivity contribution in [1.82, 2.24) is 5.32 Å². The summed E-state index contributed by atoms with van der Waals surface area (Å²) in [6.07, 6.45) is 1.01. The first-order valence-corrected chi connectivity index (χ1v) is 11.4. The monoisotopic (exact) mass is 467 g/mol. The van der Waals surface area contributed by atoms with Crippen LogP contribution in [0.1, 0.15) is 42.0 Å². The highest BCUT2D eigenvalue weighted by Crippen LogP contribution is 2.48. The molecule has 1 aromatic heterocycles. The van der Waals surface area contributed by atoms with E-state index in [0.717, 1.165) is 10.6 Å². The van der Waals surface area contributed by atoms with Gasteiger partial charge >= 0.3 is 11.9 Å². The van der Waals surface area contributed by atoms with Gasteiger partial charge in [-0.15, -0.1) is 11.3 Å². The first-order valence-electron chi connectivity index (χ1n) is 10.5. The van der Waals surface area contributed by atoms with E-state index in [9.17, 15) is 14.4 Å². The third-order valence-corrected chi connectivity index (χ3v) is 7.07. The summed E-state index contributed by atoms with van der Waals surface area (Å²) in [6, 6.07) is 9.06. The van der Waals surface area contributed by atoms with Crippen molar-refractivity contribution in [1.29, 1.82) is 0 Å². The highest BCUT2D eigenvalue weighted by molar-refractivity contribution is 7.10. The molecule has 1 aliphatic heterocycles. The summed E-state index contributed by atoms with van der Waals surface area (Å²) >= 11 is 1.63. The van der Waals surface area contributed by atoms with Gasteiger partial charge in [0, 0.05) is 47.0 Å². The summed E-state index contributed by atoms with van der Waals surface area (Å²) in [5.74, 6) is -1.70. The SMILES string of the molecule is C=C1NC2=C(C(=O)CC(c3cccs3)C2)C(c2ccc(OC(C)=O)c(OC)c2)C1C(=O)OC. The molecule has 2 aromatic rings. The largest absolute Gasteiger partial charge is 0.493 e. The Morgan fingerprint density at radius 2 is 1.94 bits per heavy atom. The van der Waals surface area contributed by atoms with Gasteiger partial charge < -0.3 is 19.5 Å². The number of ether oxygens (including phenoxy) is 3. The quantitative estimate of drug-likeness (QED) is 0.524. The van der Waals surface area contributed by atoms with Crippen LogP contribution in [0.4, 0.5) is 0 Å². The fourth-order valence-corrected chi connectivity index (χ4v) is 5.49. The summed E-state index contributed by atoms with van der Waals surface area (Å²) in [5, 5.41) is 5.24. The Morgan fingerprint density at radius 1 is 1.15 bits per heavy atom. The summed E-state index contributed by atoms with van der Waals surface area (Å²) in [7, 11) is 2.78. The second kappa shape index (κ2) is 9.23. The number of hydrogen-bond donors (Lipinski definition) is 1. The average molecular weight is 468 g/mol. The Bertz CT molecular complexity index is 1150. The molecule has 3 atom stereocenters. The number of esters is 2. The van der Waals surface area contributed by atoms with Gasteiger partial charge in [-0.1, -0.05) is 18.7 Å². The van der Waals surface area contributed by atoms with E-state index in [4.69, 9.17) is 14.2 Å². The van der Waals surface area contributed by atoms with Crippen LogP contribution in [0.3, 0.4) is 0 Å². The predicted octanol–water partition coefficient (Wildman–Crippen LogP) is 4.07. The first kappa shape index (κ1) is 22.8. The van der Waals surface area contributed by atoms with E-state index in [1.807, 2.05) is 17.5 Å². The first-order chi connectivity index (χ1) is 15.8. The number of benzene rings is 1. The molecule has 1 aliphatic carbocycles. The molecule has 0 fully saturated rings. The van der Waals surface area contributed by atoms with E-state index in [1.54, 1.807) is 29.5 Å². The van der Waals surface area contributed by atoms with Gasteiger partial charge in [-0.3, -0.25) is 14.4 Å². The van der Waals surface area contributed by atoms with E-state index in [2.05, 4.69) is 11.9 Å². The van der Waals surface area contributed by atoms with Crippen molar-refractivity contribution >= 4 is 29.1 Å². The maximum Gasteiger partial charge on any atom is 0.315 e. The van der Waals surface area contributed by atoms with Crippen molar-refractivity contribution in [2.45, 2.75) is 31.6 Å². The number of hydrogen-bond acceptors (Lipinski definition) is 8. The third kappa shape index (κ3) is 4.30. The van der Waals surface area contributed by atoms with Crippen LogP contribution in [0, 0.1) is 5.92 Å². The maximum absolute atomic E-state index is 13.5. The van der Waals surface area contributed by atoms with Gasteiger partial charge in [-0.25, -0.2) is 0 Å². The summed E-state index contributed by atoms with van der Waals surface area (Å²) in [5.41, 5.74) is 2.50. The Morgan fingerprint density at radius 3 is 2.58 bits per heavy atom. The molecule has 8 heteroatoms. The molecule has 172 valence electrons. The number of nitrogens with one attached hydrogen (secondary N) is 1. The molecule has 1 aromatic carbocycles. The number of methoxy groups -OCH3 is 2. The molecule has 33 heavy (non-hydrogen) atoms. The number of rotatable bonds is 5. The van der Waals surface area contributed by atoms with Crippen molar-refractivity contribution in [3.8, 4) is 11.5 Å². The number of Topliss-reactive ketones (excluding diaryl/α,β-unsaturated/α-hetero) is 1. The van der Waals surface area contributed by atoms with Gasteiger partial charge in [0.25, 0.3) is 0 Å². The van der Waals surface area contributed by atoms with Gasteiger partial charge in [0.15, 0.2) is 17.3 Å². The van der Waals surface area contributed by atoms with Crippen molar-refractivity contribution < 1.29 is 28.6 Å². The predicted molar refractivity (Wildman–Crippen MR) is 123 cm³/mol. The number of carbonyl (C=O) groups excluding carboxylic acids is 3. The molecule has 2 heterocycles. The van der Waals surface area contributed by atoms with Crippen molar-refractivity contribution in [2.24, 2.45) is 5.92 Å². The molecule has 7 nitrogen and oxygen atoms in total. The fourth-order valence-electron chi connectivity index (χ4n) is 4.66. The Kier molecular flexibility index (Phi) is 6.37. The number of allylic oxidation sites excluding steroid dienone is 2. The van der Waals surface area contributed by atoms with Crippen LogP contribution >= 0.6 is 11.3 Å². The number of ketones is 1. The van der Waals surface area contributed by atoms with E-state index in [1.165, 1.54) is 21.1 Å². The fraction of sp³-hybridized carbons (Fsp3) is 0.320. The molecular weight excluding hydrogens is 442 g/mol. The highest BCUT2D eigenvalue weighted by atomic mass is 32.1. The molecule has 0 bridgehead atoms. The maximum atomic E-state index is 13.5. The lowest BCUT2D eigenvalue weighted by atomic mass is 9.69. The molecule has 1 N–H and O–H groups in total. The minimum atomic E-state index is -0.791. The number of carbonyl (C=O) groups is 3. The van der Waals surface area contributed by atoms with Crippen LogP contribution in [-0.4, -0.2) is 31.9 Å². The standard InChI is InChI=1S/C25H25NO6S/c1-13-22(25(29)31-4)23(15-7-8-19(32-14(2)27)20(12-15)30-3)24-17(26-13)10-16(11-18(24)28)21-6-5-9-33-21/h5-9,12,16,22-23,26H,1,10-11H2,2-4H3. The lowest BCUT2D eigenvalue weighted by molar-refractivity contribution is -0.144. The summed E-state index contributed by atoms with van der Waals surface area (Å²) in [6.45, 7) is 5.39. The minimum Gasteiger partial charge on any atom is -0.493 e. The molecule has 2 aliphatic rings. The molecule has 0 radical (unpaired) electrons. The van der Waals surface area contributed by atoms with E-state index in [-0.39, 0.29) is 17.5 Å². The van der Waals surface area contributed by atoms with Gasteiger partial charge in [0.2, 0.25) is 0 Å². The van der Waals surface area contributed by atoms with Crippen molar-refractivity contribution in [2.75, 3.05) is 14.2 Å². The highest BCUT2D eigenvalue weighted by Gasteiger charge is 2.45. The van der Waals surface area contributed by atoms with Gasteiger partial charge in [-0.05, 0) is 35.6 Å². The van der Waals surface area contributed by atoms with Crippen molar-refractivity contribution in [3.05, 3.63) is 69.7 Å². The Hall–Kier alpha value is -3.39. The minimum absolute atomic E-state index is 0.0171. The van der Waals surface area contributed by atoms with Crippen LogP contribution in [0.2, 0.25) is 0 Å². The van der Waals surface area contributed by atoms with Crippen LogP contribution in [0.15, 0.2) is 59.3 Å². The molecular formula is C25H25NO6S. The van der Waals surface area contributed by atoms with Crippen molar-refractivity contribution in [3.63, 3.8) is 0 Å². The molecule has 0 saturated carbocycles. The molecule has 0 amide bonds. The second-order valence-corrected chi connectivity index (χ2v) is 9.05. The zero-order valence-corrected chi connectivity index (χ0v) is 19.5. The normalized spacial score (nSPS) is 22.3. The Labute approximate surface area is 196 Å². The van der Waals surface area contributed by atoms with Gasteiger partial charge in [0.1, 0.15) is 5.92 Å². The molecule has 0 saturated heterocycles. The third-order valence-electron chi connectivity index (χ3n) is 6.04. The molecule has 0 spiro atoms. The average Bonchev–Trinajstić information content (AvgIpc) is 3.32. The van der Waals surface area contributed by atoms with E-state index >= 15 is 0 Å². The lowest BCUT2D eigenvalue weighted by Gasteiger charge is -2.39. The van der Waals surface area contributed by atoms with Crippen LogP contribution in [0.5, 0.6) is 11.5 Å². The van der Waals surface area contributed by atoms with Crippen LogP contribution in [0.25, 0.3) is 0 Å².